The summed E-state index contributed by atoms with van der Waals surface area (Å²) < 4.78 is 0. The summed E-state index contributed by atoms with van der Waals surface area (Å²) in [6.45, 7) is 5.78. The van der Waals surface area contributed by atoms with E-state index in [2.05, 4.69) is 49.5 Å². The van der Waals surface area contributed by atoms with Crippen molar-refractivity contribution in [1.82, 2.24) is 5.32 Å². The first-order valence-corrected chi connectivity index (χ1v) is 6.59. The van der Waals surface area contributed by atoms with E-state index in [0.717, 1.165) is 18.5 Å². The van der Waals surface area contributed by atoms with Crippen LogP contribution < -0.4 is 5.32 Å². The molecule has 1 aromatic rings. The lowest BCUT2D eigenvalue weighted by atomic mass is 9.98. The maximum atomic E-state index is 3.66. The van der Waals surface area contributed by atoms with E-state index < -0.39 is 0 Å². The van der Waals surface area contributed by atoms with Crippen molar-refractivity contribution in [2.24, 2.45) is 5.92 Å². The first-order valence-electron chi connectivity index (χ1n) is 6.59. The van der Waals surface area contributed by atoms with Crippen molar-refractivity contribution in [1.29, 1.82) is 0 Å². The molecule has 1 saturated carbocycles. The summed E-state index contributed by atoms with van der Waals surface area (Å²) in [5.41, 5.74) is 1.46. The number of hydrogen-bond donors (Lipinski definition) is 1. The van der Waals surface area contributed by atoms with Crippen LogP contribution in [0, 0.1) is 5.92 Å². The molecule has 0 spiro atoms. The van der Waals surface area contributed by atoms with Gasteiger partial charge < -0.3 is 5.32 Å². The lowest BCUT2D eigenvalue weighted by Gasteiger charge is -2.12. The van der Waals surface area contributed by atoms with Gasteiger partial charge in [-0.2, -0.15) is 0 Å². The lowest BCUT2D eigenvalue weighted by molar-refractivity contribution is 0.567. The fourth-order valence-corrected chi connectivity index (χ4v) is 2.38. The lowest BCUT2D eigenvalue weighted by Crippen LogP contribution is -2.20. The van der Waals surface area contributed by atoms with Gasteiger partial charge in [0.15, 0.2) is 0 Å². The standard InChI is InChI=1S/C15H23N/c1-3-13-11-15(13)16-10-9-12(2)14-7-5-4-6-8-14/h4-8,12-13,15-16H,3,9-11H2,1-2H3. The molecule has 1 aliphatic carbocycles. The van der Waals surface area contributed by atoms with Crippen molar-refractivity contribution in [2.45, 2.75) is 45.1 Å². The van der Waals surface area contributed by atoms with Crippen LogP contribution in [0.2, 0.25) is 0 Å². The van der Waals surface area contributed by atoms with Crippen molar-refractivity contribution < 1.29 is 0 Å². The Morgan fingerprint density at radius 1 is 1.31 bits per heavy atom. The van der Waals surface area contributed by atoms with E-state index in [1.54, 1.807) is 0 Å². The van der Waals surface area contributed by atoms with Gasteiger partial charge in [-0.25, -0.2) is 0 Å². The van der Waals surface area contributed by atoms with Gasteiger partial charge in [0.2, 0.25) is 0 Å². The van der Waals surface area contributed by atoms with Gasteiger partial charge in [0.1, 0.15) is 0 Å². The molecule has 16 heavy (non-hydrogen) atoms. The highest BCUT2D eigenvalue weighted by Crippen LogP contribution is 2.33. The summed E-state index contributed by atoms with van der Waals surface area (Å²) >= 11 is 0. The molecule has 0 amide bonds. The molecule has 0 radical (unpaired) electrons. The number of hydrogen-bond acceptors (Lipinski definition) is 1. The molecule has 3 unspecified atom stereocenters. The van der Waals surface area contributed by atoms with E-state index in [1.807, 2.05) is 0 Å². The monoisotopic (exact) mass is 217 g/mol. The minimum Gasteiger partial charge on any atom is -0.314 e. The summed E-state index contributed by atoms with van der Waals surface area (Å²) in [5.74, 6) is 1.64. The molecule has 88 valence electrons. The van der Waals surface area contributed by atoms with Gasteiger partial charge in [-0.05, 0) is 36.8 Å². The van der Waals surface area contributed by atoms with Gasteiger partial charge >= 0.3 is 0 Å². The van der Waals surface area contributed by atoms with Crippen LogP contribution in [0.4, 0.5) is 0 Å². The Morgan fingerprint density at radius 3 is 2.69 bits per heavy atom. The van der Waals surface area contributed by atoms with E-state index in [9.17, 15) is 0 Å². The molecular weight excluding hydrogens is 194 g/mol. The van der Waals surface area contributed by atoms with Crippen LogP contribution in [0.1, 0.15) is 44.6 Å². The van der Waals surface area contributed by atoms with Crippen molar-refractivity contribution in [3.05, 3.63) is 35.9 Å². The SMILES string of the molecule is CCC1CC1NCCC(C)c1ccccc1. The Kier molecular flexibility index (Phi) is 4.00. The van der Waals surface area contributed by atoms with E-state index in [1.165, 1.54) is 24.8 Å². The fraction of sp³-hybridized carbons (Fsp3) is 0.600. The molecule has 1 aliphatic rings. The van der Waals surface area contributed by atoms with Crippen LogP contribution in [-0.2, 0) is 0 Å². The summed E-state index contributed by atoms with van der Waals surface area (Å²) in [4.78, 5) is 0. The summed E-state index contributed by atoms with van der Waals surface area (Å²) in [6, 6.07) is 11.6. The smallest absolute Gasteiger partial charge is 0.00990 e. The zero-order chi connectivity index (χ0) is 11.4. The van der Waals surface area contributed by atoms with E-state index in [4.69, 9.17) is 0 Å². The number of benzene rings is 1. The Balaban J connectivity index is 1.67. The molecule has 0 aromatic heterocycles. The molecule has 1 aromatic carbocycles. The predicted octanol–water partition coefficient (Wildman–Crippen LogP) is 3.57. The van der Waals surface area contributed by atoms with E-state index >= 15 is 0 Å². The second-order valence-electron chi connectivity index (χ2n) is 5.07. The zero-order valence-corrected chi connectivity index (χ0v) is 10.4. The van der Waals surface area contributed by atoms with Crippen LogP contribution in [-0.4, -0.2) is 12.6 Å². The molecule has 1 fully saturated rings. The molecule has 1 N–H and O–H groups in total. The molecule has 2 rings (SSSR count). The quantitative estimate of drug-likeness (QED) is 0.768. The van der Waals surface area contributed by atoms with Crippen LogP contribution in [0.3, 0.4) is 0 Å². The third-order valence-corrected chi connectivity index (χ3v) is 3.80. The van der Waals surface area contributed by atoms with Crippen LogP contribution in [0.5, 0.6) is 0 Å². The molecule has 3 atom stereocenters. The van der Waals surface area contributed by atoms with Crippen molar-refractivity contribution >= 4 is 0 Å². The fourth-order valence-electron chi connectivity index (χ4n) is 2.38. The largest absolute Gasteiger partial charge is 0.314 e. The van der Waals surface area contributed by atoms with Crippen molar-refractivity contribution in [3.63, 3.8) is 0 Å². The third kappa shape index (κ3) is 3.08. The maximum absolute atomic E-state index is 3.66. The van der Waals surface area contributed by atoms with Crippen LogP contribution in [0.25, 0.3) is 0 Å². The second-order valence-corrected chi connectivity index (χ2v) is 5.07. The van der Waals surface area contributed by atoms with E-state index in [-0.39, 0.29) is 0 Å². The minimum absolute atomic E-state index is 0.674. The van der Waals surface area contributed by atoms with Crippen LogP contribution in [0.15, 0.2) is 30.3 Å². The molecule has 0 aliphatic heterocycles. The van der Waals surface area contributed by atoms with Gasteiger partial charge in [-0.1, -0.05) is 50.6 Å². The average molecular weight is 217 g/mol. The number of nitrogens with one attached hydrogen (secondary N) is 1. The van der Waals surface area contributed by atoms with Gasteiger partial charge in [0.25, 0.3) is 0 Å². The first-order chi connectivity index (χ1) is 7.81. The predicted molar refractivity (Wildman–Crippen MR) is 69.7 cm³/mol. The third-order valence-electron chi connectivity index (χ3n) is 3.80. The van der Waals surface area contributed by atoms with Crippen LogP contribution >= 0.6 is 0 Å². The molecule has 1 heteroatoms. The second kappa shape index (κ2) is 5.49. The minimum atomic E-state index is 0.674. The van der Waals surface area contributed by atoms with Gasteiger partial charge in [0, 0.05) is 6.04 Å². The molecule has 1 nitrogen and oxygen atoms in total. The Hall–Kier alpha value is -0.820. The zero-order valence-electron chi connectivity index (χ0n) is 10.4. The average Bonchev–Trinajstić information content (AvgIpc) is 3.09. The van der Waals surface area contributed by atoms with Gasteiger partial charge in [-0.3, -0.25) is 0 Å². The highest BCUT2D eigenvalue weighted by molar-refractivity contribution is 5.18. The molecule has 0 bridgehead atoms. The summed E-state index contributed by atoms with van der Waals surface area (Å²) in [5, 5.41) is 3.66. The highest BCUT2D eigenvalue weighted by Gasteiger charge is 2.34. The topological polar surface area (TPSA) is 12.0 Å². The number of rotatable bonds is 6. The highest BCUT2D eigenvalue weighted by atomic mass is 15.0. The molecule has 0 saturated heterocycles. The Bertz CT molecular complexity index is 306. The normalized spacial score (nSPS) is 25.4. The molecule has 0 heterocycles. The van der Waals surface area contributed by atoms with Crippen molar-refractivity contribution in [3.8, 4) is 0 Å². The van der Waals surface area contributed by atoms with Gasteiger partial charge in [0.05, 0.1) is 0 Å². The maximum Gasteiger partial charge on any atom is 0.00990 e. The summed E-state index contributed by atoms with van der Waals surface area (Å²) in [7, 11) is 0. The molecular formula is C15H23N. The first kappa shape index (κ1) is 11.7. The Labute approximate surface area is 99.3 Å². The summed E-state index contributed by atoms with van der Waals surface area (Å²) in [6.07, 6.45) is 3.99. The van der Waals surface area contributed by atoms with Gasteiger partial charge in [-0.15, -0.1) is 0 Å². The van der Waals surface area contributed by atoms with E-state index in [0.29, 0.717) is 5.92 Å². The van der Waals surface area contributed by atoms with Crippen molar-refractivity contribution in [2.75, 3.05) is 6.54 Å². The Morgan fingerprint density at radius 2 is 2.06 bits per heavy atom.